The molecule has 4 nitrogen and oxygen atoms in total. The van der Waals surface area contributed by atoms with Crippen molar-refractivity contribution < 1.29 is 9.59 Å². The highest BCUT2D eigenvalue weighted by atomic mass is 16.2. The van der Waals surface area contributed by atoms with Crippen molar-refractivity contribution in [3.05, 3.63) is 29.8 Å². The zero-order chi connectivity index (χ0) is 14.8. The van der Waals surface area contributed by atoms with E-state index in [1.54, 1.807) is 23.1 Å². The SMILES string of the molecule is CC(C)(C#N)CCCCN1C(=O)C(=O)c2ccccc21. The number of amides is 1. The molecular weight excluding hydrogens is 252 g/mol. The van der Waals surface area contributed by atoms with Gasteiger partial charge in [0.25, 0.3) is 11.7 Å². The Kier molecular flexibility index (Phi) is 3.89. The molecule has 0 spiro atoms. The molecule has 0 saturated heterocycles. The molecule has 0 unspecified atom stereocenters. The van der Waals surface area contributed by atoms with Crippen LogP contribution in [0.5, 0.6) is 0 Å². The minimum absolute atomic E-state index is 0.331. The first-order valence-electron chi connectivity index (χ1n) is 6.83. The number of fused-ring (bicyclic) bond motifs is 1. The number of para-hydroxylation sites is 1. The highest BCUT2D eigenvalue weighted by molar-refractivity contribution is 6.52. The van der Waals surface area contributed by atoms with Gasteiger partial charge in [-0.3, -0.25) is 9.59 Å². The van der Waals surface area contributed by atoms with Crippen LogP contribution in [0.15, 0.2) is 24.3 Å². The van der Waals surface area contributed by atoms with Gasteiger partial charge in [0, 0.05) is 6.54 Å². The van der Waals surface area contributed by atoms with Crippen LogP contribution in [0.3, 0.4) is 0 Å². The molecular formula is C16H18N2O2. The molecule has 0 atom stereocenters. The molecule has 0 aromatic heterocycles. The Hall–Kier alpha value is -2.15. The van der Waals surface area contributed by atoms with Crippen LogP contribution < -0.4 is 4.90 Å². The van der Waals surface area contributed by atoms with E-state index in [2.05, 4.69) is 6.07 Å². The van der Waals surface area contributed by atoms with Crippen LogP contribution in [0.25, 0.3) is 0 Å². The number of carbonyl (C=O) groups excluding carboxylic acids is 2. The lowest BCUT2D eigenvalue weighted by Gasteiger charge is -2.18. The van der Waals surface area contributed by atoms with Gasteiger partial charge in [0.05, 0.1) is 22.7 Å². The van der Waals surface area contributed by atoms with Crippen LogP contribution in [0, 0.1) is 16.7 Å². The third-order valence-electron chi connectivity index (χ3n) is 3.62. The van der Waals surface area contributed by atoms with E-state index in [1.807, 2.05) is 19.9 Å². The monoisotopic (exact) mass is 270 g/mol. The average molecular weight is 270 g/mol. The number of nitrogens with zero attached hydrogens (tertiary/aromatic N) is 2. The summed E-state index contributed by atoms with van der Waals surface area (Å²) in [5.41, 5.74) is 0.875. The van der Waals surface area contributed by atoms with Gasteiger partial charge >= 0.3 is 0 Å². The van der Waals surface area contributed by atoms with Gasteiger partial charge < -0.3 is 4.90 Å². The van der Waals surface area contributed by atoms with Crippen molar-refractivity contribution in [1.29, 1.82) is 5.26 Å². The Morgan fingerprint density at radius 2 is 1.90 bits per heavy atom. The van der Waals surface area contributed by atoms with Gasteiger partial charge in [-0.05, 0) is 38.8 Å². The summed E-state index contributed by atoms with van der Waals surface area (Å²) in [5, 5.41) is 8.95. The average Bonchev–Trinajstić information content (AvgIpc) is 2.68. The summed E-state index contributed by atoms with van der Waals surface area (Å²) in [4.78, 5) is 25.3. The quantitative estimate of drug-likeness (QED) is 0.610. The van der Waals surface area contributed by atoms with Crippen molar-refractivity contribution in [2.45, 2.75) is 33.1 Å². The van der Waals surface area contributed by atoms with E-state index in [-0.39, 0.29) is 5.41 Å². The maximum atomic E-state index is 11.9. The van der Waals surface area contributed by atoms with E-state index in [4.69, 9.17) is 5.26 Å². The van der Waals surface area contributed by atoms with Gasteiger partial charge in [-0.15, -0.1) is 0 Å². The predicted octanol–water partition coefficient (Wildman–Crippen LogP) is 2.94. The summed E-state index contributed by atoms with van der Waals surface area (Å²) in [5.74, 6) is -0.858. The van der Waals surface area contributed by atoms with E-state index in [0.717, 1.165) is 19.3 Å². The number of carbonyl (C=O) groups is 2. The lowest BCUT2D eigenvalue weighted by atomic mass is 9.89. The van der Waals surface area contributed by atoms with E-state index in [9.17, 15) is 9.59 Å². The topological polar surface area (TPSA) is 61.2 Å². The molecule has 0 saturated carbocycles. The maximum absolute atomic E-state index is 11.9. The molecule has 20 heavy (non-hydrogen) atoms. The van der Waals surface area contributed by atoms with Gasteiger partial charge in [0.15, 0.2) is 0 Å². The molecule has 1 aliphatic rings. The van der Waals surface area contributed by atoms with Gasteiger partial charge in [-0.2, -0.15) is 5.26 Å². The van der Waals surface area contributed by atoms with Gasteiger partial charge in [0.1, 0.15) is 0 Å². The van der Waals surface area contributed by atoms with Crippen molar-refractivity contribution in [3.8, 4) is 6.07 Å². The number of Topliss-reactive ketones (excluding diaryl/α,β-unsaturated/α-hetero) is 1. The molecule has 1 aliphatic heterocycles. The number of unbranched alkanes of at least 4 members (excludes halogenated alkanes) is 1. The van der Waals surface area contributed by atoms with Crippen molar-refractivity contribution in [2.75, 3.05) is 11.4 Å². The molecule has 0 fully saturated rings. The third-order valence-corrected chi connectivity index (χ3v) is 3.62. The predicted molar refractivity (Wildman–Crippen MR) is 76.4 cm³/mol. The number of ketones is 1. The second-order valence-corrected chi connectivity index (χ2v) is 5.76. The number of nitriles is 1. The summed E-state index contributed by atoms with van der Waals surface area (Å²) in [6.45, 7) is 4.35. The minimum Gasteiger partial charge on any atom is -0.305 e. The number of anilines is 1. The van der Waals surface area contributed by atoms with Crippen molar-refractivity contribution in [2.24, 2.45) is 5.41 Å². The van der Waals surface area contributed by atoms with Crippen LogP contribution in [-0.4, -0.2) is 18.2 Å². The first-order chi connectivity index (χ1) is 9.46. The summed E-state index contributed by atoms with van der Waals surface area (Å²) < 4.78 is 0. The largest absolute Gasteiger partial charge is 0.305 e. The third kappa shape index (κ3) is 2.72. The summed E-state index contributed by atoms with van der Waals surface area (Å²) >= 11 is 0. The van der Waals surface area contributed by atoms with Crippen molar-refractivity contribution in [1.82, 2.24) is 0 Å². The number of hydrogen-bond acceptors (Lipinski definition) is 3. The lowest BCUT2D eigenvalue weighted by Crippen LogP contribution is -2.30. The fourth-order valence-electron chi connectivity index (χ4n) is 2.36. The molecule has 0 radical (unpaired) electrons. The molecule has 1 aromatic carbocycles. The number of rotatable bonds is 5. The van der Waals surface area contributed by atoms with Crippen LogP contribution in [-0.2, 0) is 4.79 Å². The van der Waals surface area contributed by atoms with E-state index in [0.29, 0.717) is 17.8 Å². The van der Waals surface area contributed by atoms with E-state index in [1.165, 1.54) is 0 Å². The summed E-state index contributed by atoms with van der Waals surface area (Å²) in [7, 11) is 0. The van der Waals surface area contributed by atoms with E-state index >= 15 is 0 Å². The zero-order valence-electron chi connectivity index (χ0n) is 11.8. The molecule has 104 valence electrons. The van der Waals surface area contributed by atoms with Crippen molar-refractivity contribution >= 4 is 17.4 Å². The molecule has 1 heterocycles. The van der Waals surface area contributed by atoms with Gasteiger partial charge in [0.2, 0.25) is 0 Å². The Morgan fingerprint density at radius 1 is 1.20 bits per heavy atom. The fourth-order valence-corrected chi connectivity index (χ4v) is 2.36. The van der Waals surface area contributed by atoms with E-state index < -0.39 is 11.7 Å². The second-order valence-electron chi connectivity index (χ2n) is 5.76. The highest BCUT2D eigenvalue weighted by Crippen LogP contribution is 2.29. The summed E-state index contributed by atoms with van der Waals surface area (Å²) in [6, 6.07) is 9.36. The fraction of sp³-hybridized carbons (Fsp3) is 0.438. The van der Waals surface area contributed by atoms with Gasteiger partial charge in [-0.1, -0.05) is 18.6 Å². The lowest BCUT2D eigenvalue weighted by molar-refractivity contribution is -0.114. The Labute approximate surface area is 119 Å². The second kappa shape index (κ2) is 5.46. The van der Waals surface area contributed by atoms with Crippen molar-refractivity contribution in [3.63, 3.8) is 0 Å². The molecule has 0 N–H and O–H groups in total. The smallest absolute Gasteiger partial charge is 0.299 e. The van der Waals surface area contributed by atoms with Crippen LogP contribution in [0.1, 0.15) is 43.5 Å². The van der Waals surface area contributed by atoms with Gasteiger partial charge in [-0.25, -0.2) is 0 Å². The van der Waals surface area contributed by atoms with Crippen LogP contribution >= 0.6 is 0 Å². The molecule has 0 bridgehead atoms. The zero-order valence-corrected chi connectivity index (χ0v) is 11.8. The highest BCUT2D eigenvalue weighted by Gasteiger charge is 2.34. The molecule has 4 heteroatoms. The molecule has 2 rings (SSSR count). The minimum atomic E-state index is -0.439. The maximum Gasteiger partial charge on any atom is 0.299 e. The molecule has 0 aliphatic carbocycles. The first-order valence-corrected chi connectivity index (χ1v) is 6.83. The number of hydrogen-bond donors (Lipinski definition) is 0. The Morgan fingerprint density at radius 3 is 2.60 bits per heavy atom. The molecule has 1 amide bonds. The standard InChI is InChI=1S/C16H18N2O2/c1-16(2,11-17)9-5-6-10-18-13-8-4-3-7-12(13)14(19)15(18)20/h3-4,7-8H,5-6,9-10H2,1-2H3. The molecule has 1 aromatic rings. The Bertz CT molecular complexity index is 584. The summed E-state index contributed by atoms with van der Waals surface area (Å²) in [6.07, 6.45) is 2.44. The normalized spacial score (nSPS) is 14.3. The first kappa shape index (κ1) is 14.3. The number of benzene rings is 1. The van der Waals surface area contributed by atoms with Crippen LogP contribution in [0.4, 0.5) is 5.69 Å². The van der Waals surface area contributed by atoms with Crippen LogP contribution in [0.2, 0.25) is 0 Å². The Balaban J connectivity index is 1.96.